The number of nitrogens with one attached hydrogen (secondary N) is 1. The van der Waals surface area contributed by atoms with Crippen LogP contribution < -0.4 is 25.3 Å². The fraction of sp³-hybridized carbons (Fsp3) is 0.350. The number of carbonyl (C=O) groups is 1. The quantitative estimate of drug-likeness (QED) is 0.411. The lowest BCUT2D eigenvalue weighted by Gasteiger charge is -2.24. The Balaban J connectivity index is 0. The van der Waals surface area contributed by atoms with Gasteiger partial charge in [0.15, 0.2) is 11.5 Å². The van der Waals surface area contributed by atoms with Crippen LogP contribution in [0.4, 0.5) is 37.8 Å². The Morgan fingerprint density at radius 2 is 1.73 bits per heavy atom. The van der Waals surface area contributed by atoms with Gasteiger partial charge in [-0.15, -0.1) is 0 Å². The van der Waals surface area contributed by atoms with E-state index in [1.165, 1.54) is 0 Å². The third-order valence-electron chi connectivity index (χ3n) is 4.14. The molecular weight excluding hydrogens is 522 g/mol. The summed E-state index contributed by atoms with van der Waals surface area (Å²) >= 11 is 0. The minimum atomic E-state index is -5.08. The highest BCUT2D eigenvalue weighted by Gasteiger charge is 2.38. The molecule has 1 aromatic heterocycles. The molecule has 0 atom stereocenters. The zero-order valence-corrected chi connectivity index (χ0v) is 19.5. The fourth-order valence-electron chi connectivity index (χ4n) is 2.78. The first-order valence-electron chi connectivity index (χ1n) is 9.41. The van der Waals surface area contributed by atoms with Gasteiger partial charge in [-0.1, -0.05) is 0 Å². The molecule has 0 amide bonds. The van der Waals surface area contributed by atoms with Crippen LogP contribution in [0, 0.1) is 11.3 Å². The number of methoxy groups -OCH3 is 2. The predicted molar refractivity (Wildman–Crippen MR) is 118 cm³/mol. The fourth-order valence-corrected chi connectivity index (χ4v) is 2.78. The van der Waals surface area contributed by atoms with E-state index < -0.39 is 18.8 Å². The lowest BCUT2D eigenvalue weighted by atomic mass is 9.98. The molecule has 3 rings (SSSR count). The van der Waals surface area contributed by atoms with Gasteiger partial charge in [0.05, 0.1) is 19.9 Å². The third-order valence-corrected chi connectivity index (χ3v) is 4.14. The number of rotatable bonds is 4. The van der Waals surface area contributed by atoms with Crippen molar-refractivity contribution in [1.29, 1.82) is 5.26 Å². The number of aromatic nitrogens is 1. The lowest BCUT2D eigenvalue weighted by Crippen LogP contribution is -2.21. The first kappa shape index (κ1) is 35.0. The maximum atomic E-state index is 10.6. The van der Waals surface area contributed by atoms with Gasteiger partial charge >= 0.3 is 18.8 Å². The number of carboxylic acid groups (broad SMARTS) is 1. The highest BCUT2D eigenvalue weighted by molar-refractivity contribution is 5.75. The smallest absolute Gasteiger partial charge is 0.490 e. The molecule has 17 heteroatoms. The van der Waals surface area contributed by atoms with E-state index >= 15 is 0 Å². The summed E-state index contributed by atoms with van der Waals surface area (Å²) in [6.45, 7) is -1.06. The molecule has 11 nitrogen and oxygen atoms in total. The van der Waals surface area contributed by atoms with Crippen molar-refractivity contribution in [1.82, 2.24) is 4.98 Å². The number of ether oxygens (including phenoxy) is 3. The summed E-state index contributed by atoms with van der Waals surface area (Å²) in [5.41, 5.74) is 8.65. The molecule has 0 spiro atoms. The van der Waals surface area contributed by atoms with Crippen LogP contribution in [0.25, 0.3) is 0 Å². The van der Waals surface area contributed by atoms with Gasteiger partial charge in [-0.2, -0.15) is 36.6 Å². The molecule has 0 unspecified atom stereocenters. The van der Waals surface area contributed by atoms with Crippen LogP contribution in [-0.2, 0) is 11.2 Å². The van der Waals surface area contributed by atoms with Crippen molar-refractivity contribution in [3.8, 4) is 29.2 Å². The van der Waals surface area contributed by atoms with E-state index in [4.69, 9.17) is 29.8 Å². The Bertz CT molecular complexity index is 1090. The molecule has 0 fully saturated rings. The van der Waals surface area contributed by atoms with Crippen molar-refractivity contribution in [2.24, 2.45) is 0 Å². The summed E-state index contributed by atoms with van der Waals surface area (Å²) in [4.78, 5) is 13.1. The summed E-state index contributed by atoms with van der Waals surface area (Å²) in [5.74, 6) is -0.365. The third kappa shape index (κ3) is 9.42. The summed E-state index contributed by atoms with van der Waals surface area (Å²) in [6, 6.07) is 5.75. The minimum Gasteiger partial charge on any atom is -0.493 e. The average molecular weight is 546 g/mol. The molecule has 0 saturated heterocycles. The number of halogens is 6. The standard InChI is InChI=1S/C17H18N4O3.C2HF3O2.CHF3.2H2O/c1-4-20-15-10-5-9-6-13(22-2)14(23-3)7-12(9)24-17(10)21-16(19)11(15)8-18;3-2(4,5)1(6)7;2-1(3)4;;/h6-7H,4-5H2,1-3H3,(H3,19,20,21);(H,6,7);1H;2*1H2. The van der Waals surface area contributed by atoms with Crippen LogP contribution >= 0.6 is 0 Å². The number of fused-ring (bicyclic) bond motifs is 2. The molecular formula is C20H24F6N4O7. The molecule has 208 valence electrons. The molecule has 8 N–H and O–H groups in total. The summed E-state index contributed by atoms with van der Waals surface area (Å²) in [5, 5.41) is 19.7. The van der Waals surface area contributed by atoms with Crippen molar-refractivity contribution in [3.05, 3.63) is 28.8 Å². The molecule has 1 aliphatic heterocycles. The number of nitrogens with two attached hydrogens (primary N) is 1. The van der Waals surface area contributed by atoms with E-state index in [1.54, 1.807) is 20.3 Å². The second-order valence-corrected chi connectivity index (χ2v) is 6.32. The minimum absolute atomic E-state index is 0. The van der Waals surface area contributed by atoms with Crippen molar-refractivity contribution >= 4 is 17.5 Å². The van der Waals surface area contributed by atoms with Crippen LogP contribution in [0.1, 0.15) is 23.6 Å². The molecule has 1 aliphatic rings. The maximum Gasteiger partial charge on any atom is 0.490 e. The van der Waals surface area contributed by atoms with Crippen LogP contribution in [0.3, 0.4) is 0 Å². The monoisotopic (exact) mass is 546 g/mol. The van der Waals surface area contributed by atoms with Gasteiger partial charge in [0.2, 0.25) is 5.88 Å². The SMILES string of the molecule is CCNc1c(C#N)c(N)nc2c1Cc1cc(OC)c(OC)cc1O2.FC(F)F.O.O.O=C(O)C(F)(F)F. The highest BCUT2D eigenvalue weighted by atomic mass is 19.4. The van der Waals surface area contributed by atoms with Crippen molar-refractivity contribution in [3.63, 3.8) is 0 Å². The van der Waals surface area contributed by atoms with Crippen molar-refractivity contribution in [2.45, 2.75) is 26.2 Å². The van der Waals surface area contributed by atoms with Crippen LogP contribution in [-0.4, -0.2) is 60.6 Å². The number of nitriles is 1. The molecule has 1 aromatic carbocycles. The van der Waals surface area contributed by atoms with Crippen molar-refractivity contribution < 1.29 is 61.4 Å². The Morgan fingerprint density at radius 3 is 2.14 bits per heavy atom. The molecule has 0 aliphatic carbocycles. The molecule has 0 saturated carbocycles. The zero-order chi connectivity index (χ0) is 26.9. The van der Waals surface area contributed by atoms with E-state index in [0.29, 0.717) is 47.3 Å². The molecule has 2 heterocycles. The number of carboxylic acids is 1. The summed E-state index contributed by atoms with van der Waals surface area (Å²) < 4.78 is 77.3. The van der Waals surface area contributed by atoms with E-state index in [2.05, 4.69) is 16.4 Å². The van der Waals surface area contributed by atoms with Crippen molar-refractivity contribution in [2.75, 3.05) is 31.8 Å². The summed E-state index contributed by atoms with van der Waals surface area (Å²) in [6.07, 6.45) is -4.53. The van der Waals surface area contributed by atoms with Gasteiger partial charge in [0.1, 0.15) is 23.2 Å². The maximum absolute atomic E-state index is 10.6. The van der Waals surface area contributed by atoms with E-state index in [0.717, 1.165) is 11.1 Å². The molecule has 0 bridgehead atoms. The van der Waals surface area contributed by atoms with E-state index in [9.17, 15) is 31.6 Å². The molecule has 37 heavy (non-hydrogen) atoms. The predicted octanol–water partition coefficient (Wildman–Crippen LogP) is 2.84. The first-order chi connectivity index (χ1) is 16.3. The van der Waals surface area contributed by atoms with Gasteiger partial charge in [0.25, 0.3) is 0 Å². The summed E-state index contributed by atoms with van der Waals surface area (Å²) in [7, 11) is 3.15. The first-order valence-corrected chi connectivity index (χ1v) is 9.41. The average Bonchev–Trinajstić information content (AvgIpc) is 2.76. The van der Waals surface area contributed by atoms with Gasteiger partial charge in [0, 0.05) is 30.2 Å². The number of anilines is 2. The van der Waals surface area contributed by atoms with Crippen LogP contribution in [0.5, 0.6) is 23.1 Å². The second-order valence-electron chi connectivity index (χ2n) is 6.32. The number of nitrogens with zero attached hydrogens (tertiary/aromatic N) is 2. The van der Waals surface area contributed by atoms with Gasteiger partial charge in [-0.05, 0) is 13.0 Å². The van der Waals surface area contributed by atoms with Gasteiger partial charge in [-0.3, -0.25) is 0 Å². The molecule has 2 aromatic rings. The van der Waals surface area contributed by atoms with E-state index in [1.807, 2.05) is 13.0 Å². The number of pyridine rings is 1. The van der Waals surface area contributed by atoms with Crippen LogP contribution in [0.2, 0.25) is 0 Å². The normalized spacial score (nSPS) is 10.6. The number of hydrogen-bond donors (Lipinski definition) is 3. The number of alkyl halides is 6. The highest BCUT2D eigenvalue weighted by Crippen LogP contribution is 2.45. The largest absolute Gasteiger partial charge is 0.493 e. The topological polar surface area (TPSA) is 203 Å². The Morgan fingerprint density at radius 1 is 1.24 bits per heavy atom. The van der Waals surface area contributed by atoms with E-state index in [-0.39, 0.29) is 16.8 Å². The number of aliphatic carboxylic acids is 1. The zero-order valence-electron chi connectivity index (χ0n) is 19.5. The molecule has 0 radical (unpaired) electrons. The number of benzene rings is 1. The number of nitrogen functional groups attached to an aromatic ring is 1. The number of hydrogen-bond acceptors (Lipinski definition) is 8. The lowest BCUT2D eigenvalue weighted by molar-refractivity contribution is -0.192. The van der Waals surface area contributed by atoms with Gasteiger partial charge in [-0.25, -0.2) is 4.79 Å². The Hall–Kier alpha value is -4.17. The Labute approximate surface area is 206 Å². The van der Waals surface area contributed by atoms with Gasteiger partial charge < -0.3 is 41.3 Å². The van der Waals surface area contributed by atoms with Crippen LogP contribution in [0.15, 0.2) is 12.1 Å². The second kappa shape index (κ2) is 15.1. The Kier molecular flexibility index (Phi) is 14.2.